The monoisotopic (exact) mass is 362 g/mol. The van der Waals surface area contributed by atoms with Crippen LogP contribution in [-0.4, -0.2) is 18.1 Å². The molecule has 0 spiro atoms. The number of anilines is 1. The van der Waals surface area contributed by atoms with Gasteiger partial charge in [-0.05, 0) is 42.8 Å². The molecule has 0 saturated heterocycles. The second kappa shape index (κ2) is 8.66. The number of hydrogen-bond donors (Lipinski definition) is 2. The number of carbonyl (C=O) groups excluding carboxylic acids is 1. The van der Waals surface area contributed by atoms with E-state index in [1.807, 2.05) is 43.3 Å². The van der Waals surface area contributed by atoms with Gasteiger partial charge in [-0.25, -0.2) is 0 Å². The number of halogens is 1. The summed E-state index contributed by atoms with van der Waals surface area (Å²) in [5.74, 6) is 0.424. The van der Waals surface area contributed by atoms with Crippen LogP contribution < -0.4 is 15.4 Å². The first-order valence-corrected chi connectivity index (χ1v) is 8.27. The van der Waals surface area contributed by atoms with E-state index in [1.165, 1.54) is 0 Å². The zero-order valence-electron chi connectivity index (χ0n) is 13.6. The van der Waals surface area contributed by atoms with Crippen LogP contribution in [0.4, 0.5) is 5.69 Å². The molecule has 0 unspecified atom stereocenters. The summed E-state index contributed by atoms with van der Waals surface area (Å²) in [5.41, 5.74) is 2.66. The van der Waals surface area contributed by atoms with Crippen LogP contribution in [0, 0.1) is 6.92 Å². The molecule has 0 heterocycles. The summed E-state index contributed by atoms with van der Waals surface area (Å²) < 4.78 is 5.27. The molecule has 0 bridgehead atoms. The molecule has 0 saturated carbocycles. The minimum absolute atomic E-state index is 0.138. The fraction of sp³-hybridized carbons (Fsp3) is 0.222. The van der Waals surface area contributed by atoms with Gasteiger partial charge in [0.2, 0.25) is 5.91 Å². The molecule has 24 heavy (non-hydrogen) atoms. The van der Waals surface area contributed by atoms with Crippen molar-refractivity contribution in [3.05, 3.63) is 58.6 Å². The summed E-state index contributed by atoms with van der Waals surface area (Å²) >= 11 is 11.3. The van der Waals surface area contributed by atoms with Gasteiger partial charge in [-0.1, -0.05) is 41.9 Å². The largest absolute Gasteiger partial charge is 0.495 e. The van der Waals surface area contributed by atoms with E-state index < -0.39 is 0 Å². The van der Waals surface area contributed by atoms with Crippen molar-refractivity contribution in [1.82, 2.24) is 5.32 Å². The molecule has 0 aromatic heterocycles. The Morgan fingerprint density at radius 2 is 1.96 bits per heavy atom. The van der Waals surface area contributed by atoms with Gasteiger partial charge in [-0.2, -0.15) is 0 Å². The van der Waals surface area contributed by atoms with E-state index in [-0.39, 0.29) is 11.0 Å². The molecular weight excluding hydrogens is 344 g/mol. The molecule has 0 aliphatic rings. The van der Waals surface area contributed by atoms with Crippen LogP contribution in [-0.2, 0) is 11.2 Å². The van der Waals surface area contributed by atoms with Gasteiger partial charge in [0, 0.05) is 17.5 Å². The summed E-state index contributed by atoms with van der Waals surface area (Å²) in [6.45, 7) is 1.88. The highest BCUT2D eigenvalue weighted by Crippen LogP contribution is 2.30. The van der Waals surface area contributed by atoms with Gasteiger partial charge < -0.3 is 15.4 Å². The van der Waals surface area contributed by atoms with Crippen LogP contribution >= 0.6 is 23.8 Å². The third-order valence-corrected chi connectivity index (χ3v) is 4.08. The first kappa shape index (κ1) is 18.2. The highest BCUT2D eigenvalue weighted by molar-refractivity contribution is 7.80. The summed E-state index contributed by atoms with van der Waals surface area (Å²) in [6.07, 6.45) is 1.03. The first-order chi connectivity index (χ1) is 11.5. The standard InChI is InChI=1S/C18H19ClN2O2S/c1-12-10-15(16(23-2)11-14(12)19)20-18(24)21-17(22)9-8-13-6-4-3-5-7-13/h3-7,10-11H,8-9H2,1-2H3,(H2,20,21,22,24). The number of carbonyl (C=O) groups is 1. The van der Waals surface area contributed by atoms with Crippen molar-refractivity contribution >= 4 is 40.5 Å². The van der Waals surface area contributed by atoms with Crippen molar-refractivity contribution < 1.29 is 9.53 Å². The van der Waals surface area contributed by atoms with Gasteiger partial charge in [0.1, 0.15) is 5.75 Å². The smallest absolute Gasteiger partial charge is 0.226 e. The third-order valence-electron chi connectivity index (χ3n) is 3.47. The fourth-order valence-corrected chi connectivity index (χ4v) is 2.55. The van der Waals surface area contributed by atoms with Crippen LogP contribution in [0.3, 0.4) is 0 Å². The quantitative estimate of drug-likeness (QED) is 0.786. The minimum Gasteiger partial charge on any atom is -0.495 e. The van der Waals surface area contributed by atoms with E-state index in [0.29, 0.717) is 29.3 Å². The van der Waals surface area contributed by atoms with Gasteiger partial charge in [0.25, 0.3) is 0 Å². The maximum absolute atomic E-state index is 12.0. The van der Waals surface area contributed by atoms with Crippen molar-refractivity contribution in [2.45, 2.75) is 19.8 Å². The number of aryl methyl sites for hydroxylation is 2. The van der Waals surface area contributed by atoms with Crippen molar-refractivity contribution in [3.63, 3.8) is 0 Å². The second-order valence-corrected chi connectivity index (χ2v) is 6.11. The lowest BCUT2D eigenvalue weighted by molar-refractivity contribution is -0.119. The average molecular weight is 363 g/mol. The normalized spacial score (nSPS) is 10.1. The Morgan fingerprint density at radius 1 is 1.25 bits per heavy atom. The maximum Gasteiger partial charge on any atom is 0.226 e. The average Bonchev–Trinajstić information content (AvgIpc) is 2.57. The van der Waals surface area contributed by atoms with E-state index in [2.05, 4.69) is 10.6 Å². The highest BCUT2D eigenvalue weighted by atomic mass is 35.5. The number of hydrogen-bond acceptors (Lipinski definition) is 3. The van der Waals surface area contributed by atoms with Crippen LogP contribution in [0.5, 0.6) is 5.75 Å². The first-order valence-electron chi connectivity index (χ1n) is 7.48. The van der Waals surface area contributed by atoms with Crippen LogP contribution in [0.25, 0.3) is 0 Å². The van der Waals surface area contributed by atoms with E-state index in [9.17, 15) is 4.79 Å². The predicted molar refractivity (Wildman–Crippen MR) is 102 cm³/mol. The highest BCUT2D eigenvalue weighted by Gasteiger charge is 2.10. The topological polar surface area (TPSA) is 50.4 Å². The maximum atomic E-state index is 12.0. The Kier molecular flexibility index (Phi) is 6.58. The molecule has 0 radical (unpaired) electrons. The van der Waals surface area contributed by atoms with Gasteiger partial charge in [0.15, 0.2) is 5.11 Å². The fourth-order valence-electron chi connectivity index (χ4n) is 2.18. The lowest BCUT2D eigenvalue weighted by atomic mass is 10.1. The number of benzene rings is 2. The van der Waals surface area contributed by atoms with Gasteiger partial charge >= 0.3 is 0 Å². The number of nitrogens with one attached hydrogen (secondary N) is 2. The van der Waals surface area contributed by atoms with Gasteiger partial charge in [-0.15, -0.1) is 0 Å². The second-order valence-electron chi connectivity index (χ2n) is 5.29. The Labute approximate surface area is 152 Å². The van der Waals surface area contributed by atoms with Crippen molar-refractivity contribution in [3.8, 4) is 5.75 Å². The molecule has 0 aliphatic carbocycles. The Hall–Kier alpha value is -2.11. The summed E-state index contributed by atoms with van der Waals surface area (Å²) in [6, 6.07) is 13.4. The van der Waals surface area contributed by atoms with Crippen molar-refractivity contribution in [2.75, 3.05) is 12.4 Å². The number of ether oxygens (including phenoxy) is 1. The Balaban J connectivity index is 1.91. The third kappa shape index (κ3) is 5.22. The van der Waals surface area contributed by atoms with Crippen LogP contribution in [0.2, 0.25) is 5.02 Å². The lowest BCUT2D eigenvalue weighted by Crippen LogP contribution is -2.34. The van der Waals surface area contributed by atoms with E-state index in [4.69, 9.17) is 28.6 Å². The molecule has 0 fully saturated rings. The van der Waals surface area contributed by atoms with Gasteiger partial charge in [0.05, 0.1) is 12.8 Å². The molecule has 0 aliphatic heterocycles. The Bertz CT molecular complexity index is 735. The van der Waals surface area contributed by atoms with E-state index in [0.717, 1.165) is 11.1 Å². The molecule has 0 atom stereocenters. The molecule has 6 heteroatoms. The van der Waals surface area contributed by atoms with Crippen LogP contribution in [0.15, 0.2) is 42.5 Å². The predicted octanol–water partition coefficient (Wildman–Crippen LogP) is 4.10. The summed E-state index contributed by atoms with van der Waals surface area (Å²) in [4.78, 5) is 12.0. The minimum atomic E-state index is -0.138. The molecule has 2 aromatic carbocycles. The summed E-state index contributed by atoms with van der Waals surface area (Å²) in [7, 11) is 1.55. The SMILES string of the molecule is COc1cc(Cl)c(C)cc1NC(=S)NC(=O)CCc1ccccc1. The van der Waals surface area contributed by atoms with Crippen LogP contribution in [0.1, 0.15) is 17.5 Å². The molecule has 2 N–H and O–H groups in total. The zero-order valence-corrected chi connectivity index (χ0v) is 15.1. The molecule has 2 aromatic rings. The molecule has 4 nitrogen and oxygen atoms in total. The van der Waals surface area contributed by atoms with Crippen molar-refractivity contribution in [2.24, 2.45) is 0 Å². The molecular formula is C18H19ClN2O2S. The van der Waals surface area contributed by atoms with Gasteiger partial charge in [-0.3, -0.25) is 4.79 Å². The Morgan fingerprint density at radius 3 is 2.62 bits per heavy atom. The lowest BCUT2D eigenvalue weighted by Gasteiger charge is -2.14. The van der Waals surface area contributed by atoms with E-state index >= 15 is 0 Å². The molecule has 2 rings (SSSR count). The number of methoxy groups -OCH3 is 1. The molecule has 126 valence electrons. The number of rotatable bonds is 5. The van der Waals surface area contributed by atoms with Crippen molar-refractivity contribution in [1.29, 1.82) is 0 Å². The number of amides is 1. The number of thiocarbonyl (C=S) groups is 1. The summed E-state index contributed by atoms with van der Waals surface area (Å²) in [5, 5.41) is 6.49. The van der Waals surface area contributed by atoms with E-state index in [1.54, 1.807) is 13.2 Å². The molecule has 1 amide bonds. The zero-order chi connectivity index (χ0) is 17.5.